The second kappa shape index (κ2) is 11.1. The Bertz CT molecular complexity index is 1190. The van der Waals surface area contributed by atoms with E-state index in [0.717, 1.165) is 0 Å². The smallest absolute Gasteiger partial charge is 0.287 e. The van der Waals surface area contributed by atoms with Crippen LogP contribution in [-0.2, 0) is 4.79 Å². The minimum atomic E-state index is -0.634. The summed E-state index contributed by atoms with van der Waals surface area (Å²) in [5.41, 5.74) is 3.95. The first-order chi connectivity index (χ1) is 16.0. The third-order valence-corrected chi connectivity index (χ3v) is 4.50. The highest BCUT2D eigenvalue weighted by Gasteiger charge is 2.15. The van der Waals surface area contributed by atoms with Crippen LogP contribution in [0.2, 0.25) is 0 Å². The largest absolute Gasteiger partial charge is 0.508 e. The maximum atomic E-state index is 12.8. The molecule has 0 aliphatic rings. The third-order valence-electron chi connectivity index (χ3n) is 4.50. The standard InChI is InChI=1S/C25H23N3O5/c1-32-22-12-11-17(15-23(22)33-2)14-21(27-24(30)19-8-4-3-5-9-19)25(31)28-26-16-18-7-6-10-20(29)13-18/h3-16,29H,1-2H3,(H,27,30)(H,28,31). The van der Waals surface area contributed by atoms with Crippen LogP contribution < -0.4 is 20.2 Å². The monoisotopic (exact) mass is 445 g/mol. The predicted molar refractivity (Wildman–Crippen MR) is 125 cm³/mol. The van der Waals surface area contributed by atoms with Crippen LogP contribution in [0.5, 0.6) is 17.2 Å². The van der Waals surface area contributed by atoms with Gasteiger partial charge in [0, 0.05) is 5.56 Å². The first-order valence-electron chi connectivity index (χ1n) is 9.92. The van der Waals surface area contributed by atoms with Gasteiger partial charge >= 0.3 is 0 Å². The molecule has 0 atom stereocenters. The Hall–Kier alpha value is -4.59. The van der Waals surface area contributed by atoms with E-state index < -0.39 is 11.8 Å². The van der Waals surface area contributed by atoms with Crippen LogP contribution in [0.15, 0.2) is 83.6 Å². The van der Waals surface area contributed by atoms with Crippen LogP contribution in [0.4, 0.5) is 0 Å². The third kappa shape index (κ3) is 6.44. The van der Waals surface area contributed by atoms with Crippen molar-refractivity contribution in [2.24, 2.45) is 5.10 Å². The molecule has 3 N–H and O–H groups in total. The van der Waals surface area contributed by atoms with Crippen LogP contribution in [-0.4, -0.2) is 37.4 Å². The van der Waals surface area contributed by atoms with E-state index in [4.69, 9.17) is 9.47 Å². The first-order valence-corrected chi connectivity index (χ1v) is 9.92. The SMILES string of the molecule is COc1ccc(C=C(NC(=O)c2ccccc2)C(=O)NN=Cc2cccc(O)c2)cc1OC. The van der Waals surface area contributed by atoms with Gasteiger partial charge in [0.05, 0.1) is 20.4 Å². The highest BCUT2D eigenvalue weighted by atomic mass is 16.5. The van der Waals surface area contributed by atoms with Gasteiger partial charge in [0.25, 0.3) is 11.8 Å². The Morgan fingerprint density at radius 3 is 2.33 bits per heavy atom. The zero-order valence-electron chi connectivity index (χ0n) is 18.1. The van der Waals surface area contributed by atoms with Gasteiger partial charge in [-0.1, -0.05) is 36.4 Å². The number of phenolic OH excluding ortho intramolecular Hbond substituents is 1. The second-order valence-electron chi connectivity index (χ2n) is 6.79. The molecule has 0 aliphatic carbocycles. The van der Waals surface area contributed by atoms with Gasteiger partial charge in [-0.25, -0.2) is 5.43 Å². The van der Waals surface area contributed by atoms with Crippen LogP contribution in [0.3, 0.4) is 0 Å². The molecule has 2 amide bonds. The minimum Gasteiger partial charge on any atom is -0.508 e. The molecule has 8 heteroatoms. The quantitative estimate of drug-likeness (QED) is 0.280. The van der Waals surface area contributed by atoms with E-state index in [0.29, 0.717) is 28.2 Å². The van der Waals surface area contributed by atoms with Gasteiger partial charge in [0.1, 0.15) is 11.4 Å². The summed E-state index contributed by atoms with van der Waals surface area (Å²) in [6, 6.07) is 20.0. The van der Waals surface area contributed by atoms with Gasteiger partial charge in [-0.2, -0.15) is 5.10 Å². The number of benzene rings is 3. The van der Waals surface area contributed by atoms with Crippen LogP contribution in [0, 0.1) is 0 Å². The Kier molecular flexibility index (Phi) is 7.80. The predicted octanol–water partition coefficient (Wildman–Crippen LogP) is 3.33. The lowest BCUT2D eigenvalue weighted by molar-refractivity contribution is -0.117. The van der Waals surface area contributed by atoms with Gasteiger partial charge in [0.2, 0.25) is 0 Å². The van der Waals surface area contributed by atoms with E-state index in [9.17, 15) is 14.7 Å². The zero-order valence-corrected chi connectivity index (χ0v) is 18.1. The lowest BCUT2D eigenvalue weighted by atomic mass is 10.1. The minimum absolute atomic E-state index is 0.0240. The number of ether oxygens (including phenoxy) is 2. The van der Waals surface area contributed by atoms with E-state index in [1.165, 1.54) is 38.6 Å². The summed E-state index contributed by atoms with van der Waals surface area (Å²) in [4.78, 5) is 25.5. The summed E-state index contributed by atoms with van der Waals surface area (Å²) in [6.07, 6.45) is 2.88. The molecule has 0 heterocycles. The average molecular weight is 445 g/mol. The van der Waals surface area contributed by atoms with Crippen molar-refractivity contribution in [3.63, 3.8) is 0 Å². The van der Waals surface area contributed by atoms with Gasteiger partial charge in [-0.15, -0.1) is 0 Å². The second-order valence-corrected chi connectivity index (χ2v) is 6.79. The van der Waals surface area contributed by atoms with Gasteiger partial charge in [0.15, 0.2) is 11.5 Å². The molecule has 0 fully saturated rings. The van der Waals surface area contributed by atoms with Gasteiger partial charge < -0.3 is 19.9 Å². The van der Waals surface area contributed by atoms with Crippen molar-refractivity contribution in [1.29, 1.82) is 0 Å². The van der Waals surface area contributed by atoms with Crippen LogP contribution >= 0.6 is 0 Å². The summed E-state index contributed by atoms with van der Waals surface area (Å²) in [5.74, 6) is 0.00123. The topological polar surface area (TPSA) is 109 Å². The number of carbonyl (C=O) groups is 2. The molecule has 8 nitrogen and oxygen atoms in total. The van der Waals surface area contributed by atoms with Crippen molar-refractivity contribution < 1.29 is 24.2 Å². The highest BCUT2D eigenvalue weighted by molar-refractivity contribution is 6.05. The van der Waals surface area contributed by atoms with E-state index in [-0.39, 0.29) is 11.4 Å². The number of hydrazone groups is 1. The maximum absolute atomic E-state index is 12.8. The van der Waals surface area contributed by atoms with E-state index in [1.54, 1.807) is 60.7 Å². The average Bonchev–Trinajstić information content (AvgIpc) is 2.84. The number of amides is 2. The van der Waals surface area contributed by atoms with Crippen molar-refractivity contribution in [3.8, 4) is 17.2 Å². The summed E-state index contributed by atoms with van der Waals surface area (Å²) >= 11 is 0. The molecule has 0 aromatic heterocycles. The number of aromatic hydroxyl groups is 1. The Morgan fingerprint density at radius 1 is 0.879 bits per heavy atom. The van der Waals surface area contributed by atoms with Crippen molar-refractivity contribution in [2.45, 2.75) is 0 Å². The highest BCUT2D eigenvalue weighted by Crippen LogP contribution is 2.28. The molecule has 168 valence electrons. The number of nitrogens with zero attached hydrogens (tertiary/aromatic N) is 1. The van der Waals surface area contributed by atoms with Crippen LogP contribution in [0.25, 0.3) is 6.08 Å². The van der Waals surface area contributed by atoms with Crippen molar-refractivity contribution in [3.05, 3.63) is 95.2 Å². The molecule has 3 aromatic carbocycles. The molecular formula is C25H23N3O5. The molecule has 0 unspecified atom stereocenters. The maximum Gasteiger partial charge on any atom is 0.287 e. The number of phenols is 1. The zero-order chi connectivity index (χ0) is 23.6. The first kappa shape index (κ1) is 23.1. The summed E-state index contributed by atoms with van der Waals surface area (Å²) in [5, 5.41) is 16.1. The lowest BCUT2D eigenvalue weighted by Crippen LogP contribution is -2.32. The van der Waals surface area contributed by atoms with Crippen molar-refractivity contribution in [2.75, 3.05) is 14.2 Å². The number of rotatable bonds is 8. The molecular weight excluding hydrogens is 422 g/mol. The Labute approximate surface area is 191 Å². The normalized spacial score (nSPS) is 11.2. The fourth-order valence-electron chi connectivity index (χ4n) is 2.88. The number of hydrogen-bond acceptors (Lipinski definition) is 6. The van der Waals surface area contributed by atoms with E-state index in [2.05, 4.69) is 15.8 Å². The summed E-state index contributed by atoms with van der Waals surface area (Å²) in [6.45, 7) is 0. The molecule has 3 rings (SSSR count). The Morgan fingerprint density at radius 2 is 1.64 bits per heavy atom. The number of methoxy groups -OCH3 is 2. The molecule has 3 aromatic rings. The lowest BCUT2D eigenvalue weighted by Gasteiger charge is -2.11. The Balaban J connectivity index is 1.86. The molecule has 0 saturated heterocycles. The van der Waals surface area contributed by atoms with Crippen LogP contribution in [0.1, 0.15) is 21.5 Å². The molecule has 0 aliphatic heterocycles. The number of carbonyl (C=O) groups excluding carboxylic acids is 2. The molecule has 0 radical (unpaired) electrons. The number of hydrogen-bond donors (Lipinski definition) is 3. The van der Waals surface area contributed by atoms with E-state index in [1.807, 2.05) is 0 Å². The van der Waals surface area contributed by atoms with Gasteiger partial charge in [-0.05, 0) is 53.6 Å². The van der Waals surface area contributed by atoms with Crippen molar-refractivity contribution >= 4 is 24.1 Å². The molecule has 0 spiro atoms. The fraction of sp³-hybridized carbons (Fsp3) is 0.0800. The number of nitrogens with one attached hydrogen (secondary N) is 2. The molecule has 33 heavy (non-hydrogen) atoms. The van der Waals surface area contributed by atoms with Gasteiger partial charge in [-0.3, -0.25) is 9.59 Å². The molecule has 0 saturated carbocycles. The van der Waals surface area contributed by atoms with Crippen molar-refractivity contribution in [1.82, 2.24) is 10.7 Å². The summed E-state index contributed by atoms with van der Waals surface area (Å²) < 4.78 is 10.5. The fourth-order valence-corrected chi connectivity index (χ4v) is 2.88. The summed E-state index contributed by atoms with van der Waals surface area (Å²) in [7, 11) is 3.03. The van der Waals surface area contributed by atoms with E-state index >= 15 is 0 Å². The molecule has 0 bridgehead atoms.